The molecule has 0 atom stereocenters. The summed E-state index contributed by atoms with van der Waals surface area (Å²) in [6.07, 6.45) is 0. The van der Waals surface area contributed by atoms with Crippen molar-refractivity contribution in [1.82, 2.24) is 0 Å². The summed E-state index contributed by atoms with van der Waals surface area (Å²) in [5.74, 6) is 2.32. The maximum Gasteiger partial charge on any atom is 0.0542 e. The van der Waals surface area contributed by atoms with Crippen molar-refractivity contribution >= 4 is 37.9 Å². The summed E-state index contributed by atoms with van der Waals surface area (Å²) in [6, 6.07) is 0. The van der Waals surface area contributed by atoms with Crippen molar-refractivity contribution in [3.05, 3.63) is 0 Å². The van der Waals surface area contributed by atoms with Gasteiger partial charge in [-0.1, -0.05) is 0 Å². The topological polar surface area (TPSA) is 9.23 Å². The molecule has 0 unspecified atom stereocenters. The second-order valence-electron chi connectivity index (χ2n) is 2.41. The van der Waals surface area contributed by atoms with Gasteiger partial charge in [0.15, 0.2) is 0 Å². The van der Waals surface area contributed by atoms with Gasteiger partial charge in [0.25, 0.3) is 0 Å². The van der Waals surface area contributed by atoms with Gasteiger partial charge in [0.1, 0.15) is 0 Å². The van der Waals surface area contributed by atoms with Gasteiger partial charge >= 0.3 is 0 Å². The summed E-state index contributed by atoms with van der Waals surface area (Å²) < 4.78 is 5.03. The molecular weight excluding hydrogens is 184 g/mol. The van der Waals surface area contributed by atoms with Crippen molar-refractivity contribution in [2.45, 2.75) is 0 Å². The molecule has 0 radical (unpaired) electrons. The molecule has 0 aromatic rings. The third-order valence-electron chi connectivity index (χ3n) is 1.46. The van der Waals surface area contributed by atoms with Crippen LogP contribution in [0.3, 0.4) is 0 Å². The third-order valence-corrected chi connectivity index (χ3v) is 3.47. The van der Waals surface area contributed by atoms with E-state index in [1.54, 1.807) is 7.11 Å². The number of rotatable bonds is 5. The van der Waals surface area contributed by atoms with Crippen LogP contribution in [0.5, 0.6) is 0 Å². The molecule has 0 saturated carbocycles. The van der Waals surface area contributed by atoms with E-state index >= 15 is 0 Å². The van der Waals surface area contributed by atoms with Crippen molar-refractivity contribution in [3.8, 4) is 0 Å². The van der Waals surface area contributed by atoms with Gasteiger partial charge in [0, 0.05) is 12.5 Å². The zero-order valence-electron chi connectivity index (χ0n) is 6.08. The highest BCUT2D eigenvalue weighted by atomic mass is 32.1. The van der Waals surface area contributed by atoms with Gasteiger partial charge in [-0.25, -0.2) is 0 Å². The fourth-order valence-corrected chi connectivity index (χ4v) is 2.07. The highest BCUT2D eigenvalue weighted by Gasteiger charge is 2.24. The lowest BCUT2D eigenvalue weighted by molar-refractivity contribution is 0.125. The Morgan fingerprint density at radius 3 is 1.60 bits per heavy atom. The van der Waals surface area contributed by atoms with Crippen molar-refractivity contribution < 1.29 is 4.74 Å². The molecular formula is C6H14OS3. The minimum Gasteiger partial charge on any atom is -0.384 e. The summed E-state index contributed by atoms with van der Waals surface area (Å²) in [7, 11) is 1.69. The summed E-state index contributed by atoms with van der Waals surface area (Å²) in [6.45, 7) is 0.684. The second kappa shape index (κ2) is 5.63. The summed E-state index contributed by atoms with van der Waals surface area (Å²) in [5.41, 5.74) is 0.0457. The van der Waals surface area contributed by atoms with Crippen LogP contribution in [0.4, 0.5) is 0 Å². The van der Waals surface area contributed by atoms with Crippen LogP contribution in [0.15, 0.2) is 0 Å². The Balaban J connectivity index is 3.87. The molecule has 0 bridgehead atoms. The molecule has 0 aliphatic rings. The summed E-state index contributed by atoms with van der Waals surface area (Å²) >= 11 is 12.7. The van der Waals surface area contributed by atoms with Gasteiger partial charge in [-0.15, -0.1) is 0 Å². The first-order chi connectivity index (χ1) is 4.74. The van der Waals surface area contributed by atoms with Gasteiger partial charge in [-0.3, -0.25) is 0 Å². The fourth-order valence-electron chi connectivity index (χ4n) is 0.593. The SMILES string of the molecule is COCC(CS)(CS)CS. The van der Waals surface area contributed by atoms with Crippen molar-refractivity contribution in [1.29, 1.82) is 0 Å². The molecule has 4 heteroatoms. The van der Waals surface area contributed by atoms with Crippen LogP contribution in [0.1, 0.15) is 0 Å². The maximum absolute atomic E-state index is 5.03. The van der Waals surface area contributed by atoms with E-state index in [1.165, 1.54) is 0 Å². The van der Waals surface area contributed by atoms with Crippen LogP contribution < -0.4 is 0 Å². The van der Waals surface area contributed by atoms with Gasteiger partial charge in [0.05, 0.1) is 6.61 Å². The van der Waals surface area contributed by atoms with Gasteiger partial charge in [0.2, 0.25) is 0 Å². The third kappa shape index (κ3) is 2.95. The first kappa shape index (κ1) is 11.0. The molecule has 0 aliphatic heterocycles. The number of thiol groups is 3. The predicted molar refractivity (Wildman–Crippen MR) is 55.9 cm³/mol. The molecule has 0 aromatic carbocycles. The first-order valence-electron chi connectivity index (χ1n) is 3.06. The fraction of sp³-hybridized carbons (Fsp3) is 1.00. The lowest BCUT2D eigenvalue weighted by Crippen LogP contribution is -2.32. The summed E-state index contributed by atoms with van der Waals surface area (Å²) in [5, 5.41) is 0. The molecule has 0 saturated heterocycles. The number of hydrogen-bond acceptors (Lipinski definition) is 4. The number of methoxy groups -OCH3 is 1. The van der Waals surface area contributed by atoms with Gasteiger partial charge < -0.3 is 4.74 Å². The normalized spacial score (nSPS) is 12.0. The molecule has 0 aliphatic carbocycles. The first-order valence-corrected chi connectivity index (χ1v) is 4.96. The Kier molecular flexibility index (Phi) is 6.20. The lowest BCUT2D eigenvalue weighted by atomic mass is 9.97. The van der Waals surface area contributed by atoms with Crippen molar-refractivity contribution in [2.75, 3.05) is 31.0 Å². The molecule has 0 heterocycles. The average molecular weight is 198 g/mol. The maximum atomic E-state index is 5.03. The quantitative estimate of drug-likeness (QED) is 0.566. The van der Waals surface area contributed by atoms with Crippen molar-refractivity contribution in [3.63, 3.8) is 0 Å². The Morgan fingerprint density at radius 2 is 1.50 bits per heavy atom. The van der Waals surface area contributed by atoms with Crippen LogP contribution in [-0.2, 0) is 4.74 Å². The molecule has 0 fully saturated rings. The predicted octanol–water partition coefficient (Wildman–Crippen LogP) is 1.41. The minimum absolute atomic E-state index is 0.0457. The van der Waals surface area contributed by atoms with E-state index in [4.69, 9.17) is 4.74 Å². The number of hydrogen-bond donors (Lipinski definition) is 3. The Labute approximate surface area is 79.1 Å². The molecule has 0 spiro atoms. The van der Waals surface area contributed by atoms with Crippen molar-refractivity contribution in [2.24, 2.45) is 5.41 Å². The van der Waals surface area contributed by atoms with E-state index in [1.807, 2.05) is 0 Å². The van der Waals surface area contributed by atoms with Crippen LogP contribution in [0.2, 0.25) is 0 Å². The smallest absolute Gasteiger partial charge is 0.0542 e. The van der Waals surface area contributed by atoms with Crippen LogP contribution in [-0.4, -0.2) is 31.0 Å². The highest BCUT2D eigenvalue weighted by Crippen LogP contribution is 2.22. The van der Waals surface area contributed by atoms with E-state index in [0.717, 1.165) is 17.3 Å². The summed E-state index contributed by atoms with van der Waals surface area (Å²) in [4.78, 5) is 0. The Bertz CT molecular complexity index is 74.8. The number of ether oxygens (including phenoxy) is 1. The zero-order valence-corrected chi connectivity index (χ0v) is 8.76. The molecule has 62 valence electrons. The largest absolute Gasteiger partial charge is 0.384 e. The van der Waals surface area contributed by atoms with Crippen LogP contribution in [0.25, 0.3) is 0 Å². The van der Waals surface area contributed by atoms with E-state index in [0.29, 0.717) is 6.61 Å². The minimum atomic E-state index is 0.0457. The van der Waals surface area contributed by atoms with E-state index in [9.17, 15) is 0 Å². The molecule has 0 amide bonds. The van der Waals surface area contributed by atoms with Crippen LogP contribution >= 0.6 is 37.9 Å². The highest BCUT2D eigenvalue weighted by molar-refractivity contribution is 7.82. The average Bonchev–Trinajstić information content (AvgIpc) is 2.01. The molecule has 0 aromatic heterocycles. The van der Waals surface area contributed by atoms with E-state index in [-0.39, 0.29) is 5.41 Å². The Morgan fingerprint density at radius 1 is 1.10 bits per heavy atom. The zero-order chi connectivity index (χ0) is 8.04. The van der Waals surface area contributed by atoms with Gasteiger partial charge in [-0.2, -0.15) is 37.9 Å². The molecule has 0 N–H and O–H groups in total. The monoisotopic (exact) mass is 198 g/mol. The molecule has 10 heavy (non-hydrogen) atoms. The molecule has 1 nitrogen and oxygen atoms in total. The second-order valence-corrected chi connectivity index (χ2v) is 3.36. The van der Waals surface area contributed by atoms with E-state index < -0.39 is 0 Å². The molecule has 0 rings (SSSR count). The van der Waals surface area contributed by atoms with Crippen LogP contribution in [0, 0.1) is 5.41 Å². The standard InChI is InChI=1S/C6H14OS3/c1-7-2-6(3-8,4-9)5-10/h8-10H,2-5H2,1H3. The van der Waals surface area contributed by atoms with E-state index in [2.05, 4.69) is 37.9 Å². The Hall–Kier alpha value is 1.01. The van der Waals surface area contributed by atoms with Gasteiger partial charge in [-0.05, 0) is 17.3 Å². The lowest BCUT2D eigenvalue weighted by Gasteiger charge is -2.27.